The minimum atomic E-state index is -0.105. The highest BCUT2D eigenvalue weighted by atomic mass is 35.5. The van der Waals surface area contributed by atoms with Crippen molar-refractivity contribution in [1.29, 1.82) is 0 Å². The minimum absolute atomic E-state index is 0.00656. The van der Waals surface area contributed by atoms with Crippen molar-refractivity contribution in [3.8, 4) is 0 Å². The third-order valence-electron chi connectivity index (χ3n) is 4.44. The Morgan fingerprint density at radius 3 is 2.93 bits per heavy atom. The van der Waals surface area contributed by atoms with Gasteiger partial charge in [-0.3, -0.25) is 0 Å². The summed E-state index contributed by atoms with van der Waals surface area (Å²) < 4.78 is 1.66. The van der Waals surface area contributed by atoms with Gasteiger partial charge in [0.2, 0.25) is 0 Å². The van der Waals surface area contributed by atoms with Gasteiger partial charge in [-0.2, -0.15) is 14.6 Å². The van der Waals surface area contributed by atoms with Gasteiger partial charge >= 0.3 is 0 Å². The van der Waals surface area contributed by atoms with Crippen molar-refractivity contribution < 1.29 is 5.11 Å². The fourth-order valence-corrected chi connectivity index (χ4v) is 3.38. The van der Waals surface area contributed by atoms with Gasteiger partial charge in [-0.25, -0.2) is 9.97 Å². The highest BCUT2D eigenvalue weighted by Crippen LogP contribution is 2.31. The molecule has 0 bridgehead atoms. The van der Waals surface area contributed by atoms with Crippen LogP contribution in [0.25, 0.3) is 16.7 Å². The number of aliphatic hydroxyl groups is 1. The van der Waals surface area contributed by atoms with Gasteiger partial charge in [0.15, 0.2) is 0 Å². The molecule has 0 radical (unpaired) electrons. The van der Waals surface area contributed by atoms with Gasteiger partial charge in [0, 0.05) is 29.3 Å². The summed E-state index contributed by atoms with van der Waals surface area (Å²) in [5, 5.41) is 21.7. The van der Waals surface area contributed by atoms with Crippen LogP contribution in [0.2, 0.25) is 5.02 Å². The molecule has 144 valence electrons. The van der Waals surface area contributed by atoms with Crippen LogP contribution in [0.1, 0.15) is 24.2 Å². The van der Waals surface area contributed by atoms with E-state index in [2.05, 4.69) is 31.8 Å². The SMILES string of the molecule is Cc1cc(N[C@@H](C)c2cc3cccc(Cl)c3nc2NCCO)n2ncnc2n1. The first-order chi connectivity index (χ1) is 13.6. The first-order valence-electron chi connectivity index (χ1n) is 8.94. The van der Waals surface area contributed by atoms with Gasteiger partial charge in [0.1, 0.15) is 18.0 Å². The lowest BCUT2D eigenvalue weighted by Crippen LogP contribution is -2.16. The summed E-state index contributed by atoms with van der Waals surface area (Å²) in [6.45, 7) is 4.35. The fraction of sp³-hybridized carbons (Fsp3) is 0.263. The van der Waals surface area contributed by atoms with Crippen molar-refractivity contribution in [3.05, 3.63) is 52.9 Å². The maximum Gasteiger partial charge on any atom is 0.254 e. The highest BCUT2D eigenvalue weighted by molar-refractivity contribution is 6.35. The van der Waals surface area contributed by atoms with Crippen molar-refractivity contribution >= 4 is 39.9 Å². The number of fused-ring (bicyclic) bond motifs is 2. The Morgan fingerprint density at radius 1 is 1.25 bits per heavy atom. The zero-order chi connectivity index (χ0) is 19.7. The van der Waals surface area contributed by atoms with Crippen molar-refractivity contribution in [2.45, 2.75) is 19.9 Å². The second kappa shape index (κ2) is 7.57. The third-order valence-corrected chi connectivity index (χ3v) is 4.75. The van der Waals surface area contributed by atoms with E-state index >= 15 is 0 Å². The molecule has 3 heterocycles. The van der Waals surface area contributed by atoms with Crippen molar-refractivity contribution in [1.82, 2.24) is 24.6 Å². The quantitative estimate of drug-likeness (QED) is 0.459. The lowest BCUT2D eigenvalue weighted by atomic mass is 10.1. The largest absolute Gasteiger partial charge is 0.395 e. The molecule has 0 saturated heterocycles. The minimum Gasteiger partial charge on any atom is -0.395 e. The molecule has 0 spiro atoms. The number of aliphatic hydroxyl groups excluding tert-OH is 1. The predicted octanol–water partition coefficient (Wildman–Crippen LogP) is 3.21. The molecule has 1 aromatic carbocycles. The average molecular weight is 398 g/mol. The van der Waals surface area contributed by atoms with Gasteiger partial charge in [0.25, 0.3) is 5.78 Å². The van der Waals surface area contributed by atoms with Gasteiger partial charge in [0.05, 0.1) is 23.2 Å². The predicted molar refractivity (Wildman–Crippen MR) is 110 cm³/mol. The molecular weight excluding hydrogens is 378 g/mol. The first kappa shape index (κ1) is 18.4. The second-order valence-electron chi connectivity index (χ2n) is 6.51. The molecule has 4 rings (SSSR count). The van der Waals surface area contributed by atoms with E-state index < -0.39 is 0 Å². The molecule has 0 aliphatic rings. The number of hydrogen-bond acceptors (Lipinski definition) is 7. The van der Waals surface area contributed by atoms with Crippen LogP contribution >= 0.6 is 11.6 Å². The number of aromatic nitrogens is 5. The zero-order valence-electron chi connectivity index (χ0n) is 15.5. The van der Waals surface area contributed by atoms with E-state index in [1.807, 2.05) is 38.1 Å². The molecule has 4 aromatic rings. The van der Waals surface area contributed by atoms with Crippen LogP contribution in [0, 0.1) is 6.92 Å². The van der Waals surface area contributed by atoms with E-state index in [1.165, 1.54) is 6.33 Å². The molecule has 0 unspecified atom stereocenters. The van der Waals surface area contributed by atoms with Crippen LogP contribution in [0.5, 0.6) is 0 Å². The Labute approximate surface area is 166 Å². The number of nitrogens with zero attached hydrogens (tertiary/aromatic N) is 5. The number of anilines is 2. The molecule has 28 heavy (non-hydrogen) atoms. The number of para-hydroxylation sites is 1. The van der Waals surface area contributed by atoms with Gasteiger partial charge in [-0.15, -0.1) is 0 Å². The van der Waals surface area contributed by atoms with E-state index in [9.17, 15) is 5.11 Å². The highest BCUT2D eigenvalue weighted by Gasteiger charge is 2.16. The summed E-state index contributed by atoms with van der Waals surface area (Å²) >= 11 is 6.31. The third kappa shape index (κ3) is 3.44. The molecule has 0 fully saturated rings. The summed E-state index contributed by atoms with van der Waals surface area (Å²) in [6, 6.07) is 9.57. The van der Waals surface area contributed by atoms with Crippen LogP contribution in [0.4, 0.5) is 11.6 Å². The van der Waals surface area contributed by atoms with Crippen LogP contribution < -0.4 is 10.6 Å². The summed E-state index contributed by atoms with van der Waals surface area (Å²) in [7, 11) is 0. The van der Waals surface area contributed by atoms with Crippen LogP contribution in [-0.2, 0) is 0 Å². The van der Waals surface area contributed by atoms with Gasteiger partial charge in [-0.05, 0) is 26.0 Å². The van der Waals surface area contributed by atoms with E-state index in [4.69, 9.17) is 16.6 Å². The first-order valence-corrected chi connectivity index (χ1v) is 9.32. The number of rotatable bonds is 6. The summed E-state index contributed by atoms with van der Waals surface area (Å²) in [5.41, 5.74) is 2.52. The number of aryl methyl sites for hydroxylation is 1. The van der Waals surface area contributed by atoms with Gasteiger partial charge in [-0.1, -0.05) is 23.7 Å². The molecule has 1 atom stereocenters. The second-order valence-corrected chi connectivity index (χ2v) is 6.92. The van der Waals surface area contributed by atoms with E-state index in [-0.39, 0.29) is 12.6 Å². The Morgan fingerprint density at radius 2 is 2.11 bits per heavy atom. The van der Waals surface area contributed by atoms with Crippen LogP contribution in [-0.4, -0.2) is 42.8 Å². The maximum atomic E-state index is 9.23. The van der Waals surface area contributed by atoms with Gasteiger partial charge < -0.3 is 15.7 Å². The Kier molecular flexibility index (Phi) is 4.97. The van der Waals surface area contributed by atoms with E-state index in [0.29, 0.717) is 23.2 Å². The summed E-state index contributed by atoms with van der Waals surface area (Å²) in [5.74, 6) is 2.00. The molecule has 0 aliphatic carbocycles. The number of hydrogen-bond donors (Lipinski definition) is 3. The topological polar surface area (TPSA) is 100 Å². The van der Waals surface area contributed by atoms with Crippen molar-refractivity contribution in [3.63, 3.8) is 0 Å². The molecule has 0 saturated carbocycles. The monoisotopic (exact) mass is 397 g/mol. The van der Waals surface area contributed by atoms with Crippen molar-refractivity contribution in [2.24, 2.45) is 0 Å². The molecular formula is C19H20ClN7O. The standard InChI is InChI=1S/C19H20ClN7O/c1-11-8-16(27-19(24-11)22-10-23-27)25-12(2)14-9-13-4-3-5-15(20)17(13)26-18(14)21-6-7-28/h3-5,8-10,12,25,28H,6-7H2,1-2H3,(H,21,26)/t12-/m0/s1. The summed E-state index contributed by atoms with van der Waals surface area (Å²) in [4.78, 5) is 13.2. The normalized spacial score (nSPS) is 12.4. The van der Waals surface area contributed by atoms with Crippen LogP contribution in [0.15, 0.2) is 36.7 Å². The molecule has 8 nitrogen and oxygen atoms in total. The molecule has 9 heteroatoms. The average Bonchev–Trinajstić information content (AvgIpc) is 3.14. The van der Waals surface area contributed by atoms with E-state index in [1.54, 1.807) is 4.52 Å². The Balaban J connectivity index is 1.76. The zero-order valence-corrected chi connectivity index (χ0v) is 16.3. The maximum absolute atomic E-state index is 9.23. The Bertz CT molecular complexity index is 1140. The molecule has 0 aliphatic heterocycles. The molecule has 3 N–H and O–H groups in total. The fourth-order valence-electron chi connectivity index (χ4n) is 3.16. The Hall–Kier alpha value is -2.97. The number of pyridine rings is 1. The van der Waals surface area contributed by atoms with Crippen molar-refractivity contribution in [2.75, 3.05) is 23.8 Å². The lowest BCUT2D eigenvalue weighted by molar-refractivity contribution is 0.311. The number of benzene rings is 1. The lowest BCUT2D eigenvalue weighted by Gasteiger charge is -2.20. The molecule has 3 aromatic heterocycles. The number of halogens is 1. The van der Waals surface area contributed by atoms with Crippen LogP contribution in [0.3, 0.4) is 0 Å². The molecule has 0 amide bonds. The number of nitrogens with one attached hydrogen (secondary N) is 2. The summed E-state index contributed by atoms with van der Waals surface area (Å²) in [6.07, 6.45) is 1.48. The van der Waals surface area contributed by atoms with E-state index in [0.717, 1.165) is 28.0 Å². The smallest absolute Gasteiger partial charge is 0.254 e.